The maximum absolute atomic E-state index is 5.54. The third-order valence-corrected chi connectivity index (χ3v) is 11.6. The van der Waals surface area contributed by atoms with Crippen LogP contribution < -0.4 is 17.2 Å². The van der Waals surface area contributed by atoms with Gasteiger partial charge in [0, 0.05) is 72.6 Å². The van der Waals surface area contributed by atoms with Crippen LogP contribution >= 0.6 is 0 Å². The summed E-state index contributed by atoms with van der Waals surface area (Å²) in [5, 5.41) is 50.5. The third kappa shape index (κ3) is 15.2. The number of unbranched alkanes of at least 4 members (excludes halogenated alkanes) is 4. The number of aromatic nitrogens is 18. The minimum absolute atomic E-state index is 0.545. The molecular formula is C51H69N21. The highest BCUT2D eigenvalue weighted by Crippen LogP contribution is 2.26. The molecule has 3 aromatic carbocycles. The molecule has 0 aliphatic heterocycles. The maximum atomic E-state index is 5.54. The number of aryl methyl sites for hydroxylation is 5. The van der Waals surface area contributed by atoms with E-state index in [1.54, 1.807) is 4.68 Å². The van der Waals surface area contributed by atoms with Crippen molar-refractivity contribution in [3.05, 3.63) is 110 Å². The number of rotatable bonds is 24. The molecule has 0 saturated carbocycles. The number of nitrogens with zero attached hydrogens (tertiary/aromatic N) is 18. The molecule has 0 saturated heterocycles. The van der Waals surface area contributed by atoms with Crippen LogP contribution in [-0.4, -0.2) is 110 Å². The lowest BCUT2D eigenvalue weighted by molar-refractivity contribution is 0.537. The second kappa shape index (κ2) is 27.7. The first-order valence-corrected chi connectivity index (χ1v) is 25.2. The maximum Gasteiger partial charge on any atom is 0.113 e. The molecule has 9 rings (SSSR count). The van der Waals surface area contributed by atoms with Crippen molar-refractivity contribution in [3.63, 3.8) is 0 Å². The predicted octanol–water partition coefficient (Wildman–Crippen LogP) is 7.06. The van der Waals surface area contributed by atoms with Gasteiger partial charge in [-0.2, -0.15) is 0 Å². The van der Waals surface area contributed by atoms with E-state index in [2.05, 4.69) is 107 Å². The molecule has 6 aromatic heterocycles. The molecule has 21 heteroatoms. The van der Waals surface area contributed by atoms with E-state index in [4.69, 9.17) is 17.2 Å². The zero-order valence-corrected chi connectivity index (χ0v) is 41.9. The second-order valence-electron chi connectivity index (χ2n) is 17.4. The van der Waals surface area contributed by atoms with Gasteiger partial charge in [-0.05, 0) is 69.8 Å². The van der Waals surface area contributed by atoms with Crippen LogP contribution in [0.3, 0.4) is 0 Å². The van der Waals surface area contributed by atoms with Crippen molar-refractivity contribution >= 4 is 0 Å². The van der Waals surface area contributed by atoms with E-state index < -0.39 is 0 Å². The minimum Gasteiger partial charge on any atom is -0.330 e. The molecule has 378 valence electrons. The van der Waals surface area contributed by atoms with Gasteiger partial charge < -0.3 is 17.2 Å². The van der Waals surface area contributed by atoms with Gasteiger partial charge in [-0.25, -0.2) is 0 Å². The Kier molecular flexibility index (Phi) is 20.1. The van der Waals surface area contributed by atoms with Gasteiger partial charge in [0.05, 0.1) is 43.7 Å². The summed E-state index contributed by atoms with van der Waals surface area (Å²) >= 11 is 0. The zero-order chi connectivity index (χ0) is 50.3. The van der Waals surface area contributed by atoms with Crippen LogP contribution in [0.5, 0.6) is 0 Å². The monoisotopic (exact) mass is 976 g/mol. The quantitative estimate of drug-likeness (QED) is 0.0512. The van der Waals surface area contributed by atoms with Crippen molar-refractivity contribution in [2.45, 2.75) is 118 Å². The first-order chi connectivity index (χ1) is 35.4. The lowest BCUT2D eigenvalue weighted by Gasteiger charge is -2.00. The first kappa shape index (κ1) is 52.2. The summed E-state index contributed by atoms with van der Waals surface area (Å²) in [6, 6.07) is 24.4. The van der Waals surface area contributed by atoms with Crippen LogP contribution in [0.4, 0.5) is 0 Å². The van der Waals surface area contributed by atoms with E-state index in [9.17, 15) is 0 Å². The van der Waals surface area contributed by atoms with Gasteiger partial charge in [0.25, 0.3) is 0 Å². The molecule has 0 radical (unpaired) electrons. The molecule has 0 unspecified atom stereocenters. The summed E-state index contributed by atoms with van der Waals surface area (Å²) in [6.07, 6.45) is 21.5. The number of nitrogens with two attached hydrogens (primary N) is 3. The van der Waals surface area contributed by atoms with E-state index >= 15 is 0 Å². The highest BCUT2D eigenvalue weighted by molar-refractivity contribution is 5.70. The van der Waals surface area contributed by atoms with Crippen molar-refractivity contribution in [2.75, 3.05) is 19.6 Å². The molecule has 0 atom stereocenters. The van der Waals surface area contributed by atoms with Gasteiger partial charge in [-0.1, -0.05) is 126 Å². The summed E-state index contributed by atoms with van der Waals surface area (Å²) in [5.74, 6) is 0. The van der Waals surface area contributed by atoms with Gasteiger partial charge in [-0.3, -0.25) is 28.1 Å². The van der Waals surface area contributed by atoms with E-state index in [1.807, 2.05) is 109 Å². The Labute approximate surface area is 420 Å². The topological polar surface area (TPSA) is 262 Å². The van der Waals surface area contributed by atoms with E-state index in [-0.39, 0.29) is 0 Å². The van der Waals surface area contributed by atoms with E-state index in [0.717, 1.165) is 145 Å². The molecule has 21 nitrogen and oxygen atoms in total. The molecule has 0 aliphatic carbocycles. The fourth-order valence-corrected chi connectivity index (χ4v) is 7.63. The first-order valence-electron chi connectivity index (χ1n) is 25.2. The standard InChI is InChI=1S/C19H27N7.C17H23N7.C15H19N7/c1-2-3-5-11-25-14-18(21-23-25)16-8-7-9-17(13-16)19-15-26(24-22-19)12-6-4-10-20;1-2-3-9-23-12-16(19-21-23)14-6-4-7-15(11-14)17-13-24(22-20-17)10-5-8-18;1-2-7-21-10-14(17-19-21)12-4-3-5-13(9-12)15-11-22(8-6-16)20-18-15/h7-9,13-15H,2-6,10-12,20H2,1H3;4,6-7,11-13H,2-3,5,8-10,18H2,1H3;3-5,9-11H,2,6-8,16H2,1H3. The molecule has 0 amide bonds. The molecule has 6 heterocycles. The Balaban J connectivity index is 0.000000159. The highest BCUT2D eigenvalue weighted by Gasteiger charge is 2.12. The normalized spacial score (nSPS) is 11.1. The number of benzene rings is 3. The minimum atomic E-state index is 0.545. The smallest absolute Gasteiger partial charge is 0.113 e. The SMILES string of the molecule is CCCCCn1cc(-c2cccc(-c3cn(CCCCN)nn3)c2)nn1.CCCCn1cc(-c2cccc(-c3cn(CCCN)nn3)c2)nn1.CCCn1cc(-c2cccc(-c3cn(CCN)nn3)c2)nn1. The van der Waals surface area contributed by atoms with E-state index in [1.165, 1.54) is 12.8 Å². The summed E-state index contributed by atoms with van der Waals surface area (Å²) in [5.41, 5.74) is 28.0. The molecule has 0 bridgehead atoms. The average Bonchev–Trinajstić information content (AvgIpc) is 4.29. The average molecular weight is 976 g/mol. The largest absolute Gasteiger partial charge is 0.330 e. The van der Waals surface area contributed by atoms with Gasteiger partial charge in [0.1, 0.15) is 34.2 Å². The number of hydrogen-bond acceptors (Lipinski definition) is 15. The molecule has 9 aromatic rings. The second-order valence-corrected chi connectivity index (χ2v) is 17.4. The third-order valence-electron chi connectivity index (χ3n) is 11.6. The van der Waals surface area contributed by atoms with Crippen molar-refractivity contribution in [3.8, 4) is 67.5 Å². The summed E-state index contributed by atoms with van der Waals surface area (Å²) in [6.45, 7) is 13.4. The van der Waals surface area contributed by atoms with Gasteiger partial charge in [0.15, 0.2) is 0 Å². The fraction of sp³-hybridized carbons (Fsp3) is 0.412. The summed E-state index contributed by atoms with van der Waals surface area (Å²) in [7, 11) is 0. The summed E-state index contributed by atoms with van der Waals surface area (Å²) < 4.78 is 11.1. The Morgan fingerprint density at radius 3 is 0.903 bits per heavy atom. The lowest BCUT2D eigenvalue weighted by atomic mass is 10.1. The molecule has 0 aliphatic rings. The predicted molar refractivity (Wildman–Crippen MR) is 279 cm³/mol. The fourth-order valence-electron chi connectivity index (χ4n) is 7.63. The van der Waals surface area contributed by atoms with Crippen LogP contribution in [-0.2, 0) is 39.3 Å². The Morgan fingerprint density at radius 1 is 0.306 bits per heavy atom. The van der Waals surface area contributed by atoms with Crippen molar-refractivity contribution < 1.29 is 0 Å². The lowest BCUT2D eigenvalue weighted by Crippen LogP contribution is -2.10. The van der Waals surface area contributed by atoms with Crippen molar-refractivity contribution in [1.29, 1.82) is 0 Å². The highest BCUT2D eigenvalue weighted by atomic mass is 15.4. The van der Waals surface area contributed by atoms with Crippen LogP contribution in [0.2, 0.25) is 0 Å². The van der Waals surface area contributed by atoms with E-state index in [0.29, 0.717) is 26.2 Å². The Hall–Kier alpha value is -7.62. The Bertz CT molecular complexity index is 2770. The number of hydrogen-bond donors (Lipinski definition) is 3. The Morgan fingerprint density at radius 2 is 0.597 bits per heavy atom. The van der Waals surface area contributed by atoms with Crippen molar-refractivity contribution in [2.24, 2.45) is 17.2 Å². The molecule has 0 fully saturated rings. The van der Waals surface area contributed by atoms with Gasteiger partial charge >= 0.3 is 0 Å². The van der Waals surface area contributed by atoms with Crippen LogP contribution in [0.15, 0.2) is 110 Å². The van der Waals surface area contributed by atoms with Crippen molar-refractivity contribution in [1.82, 2.24) is 90.0 Å². The van der Waals surface area contributed by atoms with Crippen LogP contribution in [0, 0.1) is 0 Å². The van der Waals surface area contributed by atoms with Gasteiger partial charge in [0.2, 0.25) is 0 Å². The molecule has 6 N–H and O–H groups in total. The zero-order valence-electron chi connectivity index (χ0n) is 41.9. The summed E-state index contributed by atoms with van der Waals surface area (Å²) in [4.78, 5) is 0. The molecule has 72 heavy (non-hydrogen) atoms. The van der Waals surface area contributed by atoms with Gasteiger partial charge in [-0.15, -0.1) is 30.6 Å². The molecular weight excluding hydrogens is 907 g/mol. The van der Waals surface area contributed by atoms with Crippen LogP contribution in [0.25, 0.3) is 67.5 Å². The van der Waals surface area contributed by atoms with Crippen LogP contribution in [0.1, 0.15) is 78.6 Å². The molecule has 0 spiro atoms.